The average molecular weight is 416 g/mol. The molecule has 1 aliphatic rings. The number of allylic oxidation sites excluding steroid dienone is 1. The van der Waals surface area contributed by atoms with Crippen molar-refractivity contribution in [2.75, 3.05) is 18.6 Å². The molecule has 9 heteroatoms. The summed E-state index contributed by atoms with van der Waals surface area (Å²) in [5, 5.41) is 0.492. The molecule has 1 aromatic carbocycles. The van der Waals surface area contributed by atoms with Crippen LogP contribution in [0.1, 0.15) is 6.92 Å². The molecule has 0 N–H and O–H groups in total. The van der Waals surface area contributed by atoms with Crippen LogP contribution in [-0.4, -0.2) is 32.3 Å². The number of nitrogens with zero attached hydrogens (tertiary/aromatic N) is 5. The first-order valence-electron chi connectivity index (χ1n) is 9.29. The highest BCUT2D eigenvalue weighted by atomic mass is 35.5. The van der Waals surface area contributed by atoms with Crippen molar-refractivity contribution in [3.05, 3.63) is 56.7 Å². The Hall–Kier alpha value is -3.00. The minimum absolute atomic E-state index is 0.148. The molecule has 29 heavy (non-hydrogen) atoms. The number of halogens is 1. The van der Waals surface area contributed by atoms with Gasteiger partial charge in [-0.25, -0.2) is 4.79 Å². The van der Waals surface area contributed by atoms with E-state index in [4.69, 9.17) is 16.3 Å². The fourth-order valence-electron chi connectivity index (χ4n) is 3.84. The number of fused-ring (bicyclic) bond motifs is 3. The number of hydrogen-bond acceptors (Lipinski definition) is 5. The lowest BCUT2D eigenvalue weighted by atomic mass is 10.1. The lowest BCUT2D eigenvalue weighted by Gasteiger charge is -2.33. The lowest BCUT2D eigenvalue weighted by Crippen LogP contribution is -2.40. The van der Waals surface area contributed by atoms with Gasteiger partial charge in [-0.1, -0.05) is 24.6 Å². The molecule has 0 spiro atoms. The summed E-state index contributed by atoms with van der Waals surface area (Å²) in [4.78, 5) is 32.4. The first-order chi connectivity index (χ1) is 13.9. The van der Waals surface area contributed by atoms with Gasteiger partial charge in [0.25, 0.3) is 5.56 Å². The van der Waals surface area contributed by atoms with E-state index in [1.807, 2.05) is 21.6 Å². The van der Waals surface area contributed by atoms with Gasteiger partial charge < -0.3 is 14.2 Å². The molecular weight excluding hydrogens is 394 g/mol. The predicted octanol–water partition coefficient (Wildman–Crippen LogP) is 2.53. The van der Waals surface area contributed by atoms with Gasteiger partial charge in [0.15, 0.2) is 11.2 Å². The van der Waals surface area contributed by atoms with Gasteiger partial charge in [0.05, 0.1) is 12.1 Å². The van der Waals surface area contributed by atoms with E-state index in [9.17, 15) is 9.59 Å². The van der Waals surface area contributed by atoms with Gasteiger partial charge in [0.2, 0.25) is 5.95 Å². The van der Waals surface area contributed by atoms with Crippen molar-refractivity contribution in [1.29, 1.82) is 0 Å². The molecule has 1 aliphatic heterocycles. The number of aromatic nitrogens is 4. The van der Waals surface area contributed by atoms with Crippen molar-refractivity contribution in [3.63, 3.8) is 0 Å². The van der Waals surface area contributed by atoms with Gasteiger partial charge >= 0.3 is 5.69 Å². The molecule has 3 heterocycles. The van der Waals surface area contributed by atoms with E-state index in [0.717, 1.165) is 5.69 Å². The molecule has 1 unspecified atom stereocenters. The number of benzene rings is 1. The Labute approximate surface area is 172 Å². The van der Waals surface area contributed by atoms with E-state index >= 15 is 0 Å². The quantitative estimate of drug-likeness (QED) is 0.612. The molecule has 1 atom stereocenters. The van der Waals surface area contributed by atoms with Crippen LogP contribution in [0, 0.1) is 5.92 Å². The second-order valence-electron chi connectivity index (χ2n) is 7.28. The second-order valence-corrected chi connectivity index (χ2v) is 7.68. The Balaban J connectivity index is 1.98. The summed E-state index contributed by atoms with van der Waals surface area (Å²) in [6.07, 6.45) is 1.54. The third-order valence-electron chi connectivity index (χ3n) is 5.20. The molecule has 0 saturated heterocycles. The molecule has 152 valence electrons. The van der Waals surface area contributed by atoms with Gasteiger partial charge in [-0.2, -0.15) is 4.98 Å². The Morgan fingerprint density at radius 3 is 2.76 bits per heavy atom. The Bertz CT molecular complexity index is 1240. The maximum absolute atomic E-state index is 13.1. The van der Waals surface area contributed by atoms with Gasteiger partial charge in [0.1, 0.15) is 5.75 Å². The highest BCUT2D eigenvalue weighted by Gasteiger charge is 2.30. The summed E-state index contributed by atoms with van der Waals surface area (Å²) < 4.78 is 9.73. The summed E-state index contributed by atoms with van der Waals surface area (Å²) in [6, 6.07) is 5.52. The van der Waals surface area contributed by atoms with Crippen LogP contribution in [0.2, 0.25) is 5.02 Å². The molecule has 0 saturated carbocycles. The Morgan fingerprint density at radius 1 is 1.34 bits per heavy atom. The van der Waals surface area contributed by atoms with Crippen molar-refractivity contribution in [3.8, 4) is 5.75 Å². The molecule has 0 fully saturated rings. The molecule has 0 radical (unpaired) electrons. The maximum Gasteiger partial charge on any atom is 0.332 e. The van der Waals surface area contributed by atoms with Gasteiger partial charge in [-0.05, 0) is 24.1 Å². The Morgan fingerprint density at radius 2 is 2.10 bits per heavy atom. The molecule has 0 bridgehead atoms. The summed E-state index contributed by atoms with van der Waals surface area (Å²) in [5.74, 6) is 1.46. The zero-order valence-electron chi connectivity index (χ0n) is 16.6. The maximum atomic E-state index is 13.1. The third-order valence-corrected chi connectivity index (χ3v) is 5.50. The van der Waals surface area contributed by atoms with Crippen molar-refractivity contribution < 1.29 is 4.74 Å². The zero-order chi connectivity index (χ0) is 20.9. The van der Waals surface area contributed by atoms with Crippen LogP contribution in [0.5, 0.6) is 5.75 Å². The largest absolute Gasteiger partial charge is 0.495 e. The van der Waals surface area contributed by atoms with E-state index in [1.165, 1.54) is 15.2 Å². The summed E-state index contributed by atoms with van der Waals surface area (Å²) >= 11 is 6.33. The van der Waals surface area contributed by atoms with Crippen LogP contribution in [-0.2, 0) is 20.1 Å². The molecule has 2 aromatic heterocycles. The topological polar surface area (TPSA) is 74.3 Å². The number of aryl methyl sites for hydroxylation is 1. The first kappa shape index (κ1) is 19.3. The monoisotopic (exact) mass is 415 g/mol. The van der Waals surface area contributed by atoms with E-state index in [2.05, 4.69) is 18.5 Å². The van der Waals surface area contributed by atoms with E-state index < -0.39 is 5.69 Å². The molecule has 8 nitrogen and oxygen atoms in total. The number of ether oxygens (including phenoxy) is 1. The van der Waals surface area contributed by atoms with Crippen LogP contribution in [0.4, 0.5) is 11.6 Å². The first-order valence-corrected chi connectivity index (χ1v) is 9.67. The standard InChI is InChI=1S/C20H22ClN5O3/c1-5-8-24-18(27)16-17(23(3)20(24)28)22-19-25(10-12(2)11-26(16)19)13-6-7-15(29-4)14(21)9-13/h5-7,9,12H,1,8,10-11H2,2-4H3. The molecular formula is C20H22ClN5O3. The molecule has 0 amide bonds. The van der Waals surface area contributed by atoms with E-state index in [-0.39, 0.29) is 18.0 Å². The SMILES string of the molecule is C=CCn1c(=O)c2c(nc3n2CC(C)CN3c2ccc(OC)c(Cl)c2)n(C)c1=O. The van der Waals surface area contributed by atoms with Gasteiger partial charge in [-0.3, -0.25) is 13.9 Å². The highest BCUT2D eigenvalue weighted by Crippen LogP contribution is 2.36. The number of rotatable bonds is 4. The second kappa shape index (κ2) is 7.11. The fraction of sp³-hybridized carbons (Fsp3) is 0.350. The van der Waals surface area contributed by atoms with Crippen LogP contribution in [0.3, 0.4) is 0 Å². The Kier molecular flexibility index (Phi) is 4.74. The minimum atomic E-state index is -0.412. The van der Waals surface area contributed by atoms with Crippen LogP contribution in [0.25, 0.3) is 11.2 Å². The van der Waals surface area contributed by atoms with Crippen molar-refractivity contribution >= 4 is 34.4 Å². The van der Waals surface area contributed by atoms with Crippen molar-refractivity contribution in [2.45, 2.75) is 20.0 Å². The van der Waals surface area contributed by atoms with Gasteiger partial charge in [0, 0.05) is 32.4 Å². The van der Waals surface area contributed by atoms with Gasteiger partial charge in [-0.15, -0.1) is 6.58 Å². The van der Waals surface area contributed by atoms with Crippen LogP contribution >= 0.6 is 11.6 Å². The molecule has 4 rings (SSSR count). The summed E-state index contributed by atoms with van der Waals surface area (Å²) in [5.41, 5.74) is 0.859. The highest BCUT2D eigenvalue weighted by molar-refractivity contribution is 6.32. The predicted molar refractivity (Wildman–Crippen MR) is 114 cm³/mol. The summed E-state index contributed by atoms with van der Waals surface area (Å²) in [6.45, 7) is 7.25. The smallest absolute Gasteiger partial charge is 0.332 e. The number of imidazole rings is 1. The fourth-order valence-corrected chi connectivity index (χ4v) is 4.09. The van der Waals surface area contributed by atoms with Crippen LogP contribution in [0.15, 0.2) is 40.4 Å². The lowest BCUT2D eigenvalue weighted by molar-refractivity contribution is 0.415. The summed E-state index contributed by atoms with van der Waals surface area (Å²) in [7, 11) is 3.19. The number of methoxy groups -OCH3 is 1. The third kappa shape index (κ3) is 2.95. The zero-order valence-corrected chi connectivity index (χ0v) is 17.3. The minimum Gasteiger partial charge on any atom is -0.495 e. The van der Waals surface area contributed by atoms with Crippen molar-refractivity contribution in [2.24, 2.45) is 13.0 Å². The van der Waals surface area contributed by atoms with Crippen LogP contribution < -0.4 is 20.9 Å². The van der Waals surface area contributed by atoms with E-state index in [1.54, 1.807) is 20.2 Å². The molecule has 3 aromatic rings. The normalized spacial score (nSPS) is 16.1. The molecule has 0 aliphatic carbocycles. The number of anilines is 2. The number of hydrogen-bond donors (Lipinski definition) is 0. The van der Waals surface area contributed by atoms with Crippen molar-refractivity contribution in [1.82, 2.24) is 18.7 Å². The average Bonchev–Trinajstić information content (AvgIpc) is 3.08. The van der Waals surface area contributed by atoms with E-state index in [0.29, 0.717) is 41.0 Å².